The molecule has 1 aromatic carbocycles. The highest BCUT2D eigenvalue weighted by Crippen LogP contribution is 2.27. The molecule has 0 atom stereocenters. The molecule has 27 heavy (non-hydrogen) atoms. The molecule has 13 heteroatoms. The normalized spacial score (nSPS) is 11.2. The van der Waals surface area contributed by atoms with Crippen molar-refractivity contribution in [1.29, 1.82) is 0 Å². The van der Waals surface area contributed by atoms with Crippen LogP contribution in [0.15, 0.2) is 33.8 Å². The summed E-state index contributed by atoms with van der Waals surface area (Å²) < 4.78 is 28.9. The lowest BCUT2D eigenvalue weighted by Crippen LogP contribution is -2.14. The first-order valence-electron chi connectivity index (χ1n) is 7.54. The molecular formula is C14H15BrClN5O5S. The Balaban J connectivity index is 1.84. The quantitative estimate of drug-likeness (QED) is 0.241. The maximum Gasteiger partial charge on any atom is 0.293 e. The Morgan fingerprint density at radius 3 is 2.78 bits per heavy atom. The smallest absolute Gasteiger partial charge is 0.293 e. The molecule has 0 unspecified atom stereocenters. The molecule has 0 bridgehead atoms. The van der Waals surface area contributed by atoms with Gasteiger partial charge in [-0.25, -0.2) is 18.5 Å². The first-order chi connectivity index (χ1) is 12.7. The van der Waals surface area contributed by atoms with Crippen molar-refractivity contribution in [3.05, 3.63) is 44.3 Å². The summed E-state index contributed by atoms with van der Waals surface area (Å²) in [6, 6.07) is 3.42. The summed E-state index contributed by atoms with van der Waals surface area (Å²) >= 11 is 9.03. The number of unbranched alkanes of at least 4 members (excludes halogenated alkanes) is 1. The van der Waals surface area contributed by atoms with Gasteiger partial charge in [0.15, 0.2) is 4.90 Å². The van der Waals surface area contributed by atoms with Crippen LogP contribution < -0.4 is 15.2 Å². The molecule has 2 aromatic rings. The largest absolute Gasteiger partial charge is 0.493 e. The average Bonchev–Trinajstić information content (AvgIpc) is 2.59. The second kappa shape index (κ2) is 9.26. The van der Waals surface area contributed by atoms with E-state index in [-0.39, 0.29) is 11.0 Å². The van der Waals surface area contributed by atoms with Gasteiger partial charge in [-0.1, -0.05) is 0 Å². The van der Waals surface area contributed by atoms with Gasteiger partial charge in [0.2, 0.25) is 15.3 Å². The van der Waals surface area contributed by atoms with Gasteiger partial charge in [-0.15, -0.1) is 0 Å². The number of primary sulfonamides is 1. The standard InChI is InChI=1S/C14H15BrClN5O5S/c15-10-8-19-14(16)20-13(10)18-5-1-2-6-26-9-3-4-12(27(17,24)25)11(7-9)21(22)23/h3-4,7-8H,1-2,5-6H2,(H2,17,24,25)(H,18,19,20). The Hall–Kier alpha value is -2.02. The molecule has 1 aromatic heterocycles. The van der Waals surface area contributed by atoms with Gasteiger partial charge >= 0.3 is 0 Å². The third-order valence-corrected chi connectivity index (χ3v) is 5.00. The number of nitrogens with zero attached hydrogens (tertiary/aromatic N) is 3. The van der Waals surface area contributed by atoms with E-state index in [0.29, 0.717) is 29.9 Å². The van der Waals surface area contributed by atoms with E-state index in [9.17, 15) is 18.5 Å². The third-order valence-electron chi connectivity index (χ3n) is 3.28. The summed E-state index contributed by atoms with van der Waals surface area (Å²) in [6.45, 7) is 0.888. The Morgan fingerprint density at radius 1 is 1.37 bits per heavy atom. The van der Waals surface area contributed by atoms with Crippen LogP contribution in [0.2, 0.25) is 5.28 Å². The second-order valence-electron chi connectivity index (χ2n) is 5.25. The van der Waals surface area contributed by atoms with Crippen LogP contribution in [0.3, 0.4) is 0 Å². The summed E-state index contributed by atoms with van der Waals surface area (Å²) in [5, 5.41) is 19.2. The zero-order valence-electron chi connectivity index (χ0n) is 13.8. The molecule has 0 radical (unpaired) electrons. The molecular weight excluding hydrogens is 466 g/mol. The zero-order chi connectivity index (χ0) is 20.0. The number of anilines is 1. The summed E-state index contributed by atoms with van der Waals surface area (Å²) in [5.74, 6) is 0.762. The number of sulfonamides is 1. The summed E-state index contributed by atoms with van der Waals surface area (Å²) in [4.78, 5) is 17.5. The maximum atomic E-state index is 11.4. The van der Waals surface area contributed by atoms with Gasteiger partial charge in [0, 0.05) is 12.7 Å². The van der Waals surface area contributed by atoms with E-state index in [1.54, 1.807) is 6.20 Å². The number of hydrogen-bond acceptors (Lipinski definition) is 8. The molecule has 0 fully saturated rings. The van der Waals surface area contributed by atoms with Crippen LogP contribution in [0.4, 0.5) is 11.5 Å². The molecule has 0 aliphatic rings. The lowest BCUT2D eigenvalue weighted by atomic mass is 10.3. The van der Waals surface area contributed by atoms with Gasteiger partial charge in [-0.2, -0.15) is 4.98 Å². The van der Waals surface area contributed by atoms with Gasteiger partial charge in [0.25, 0.3) is 5.69 Å². The minimum atomic E-state index is -4.19. The van der Waals surface area contributed by atoms with Crippen molar-refractivity contribution in [2.75, 3.05) is 18.5 Å². The first kappa shape index (κ1) is 21.3. The van der Waals surface area contributed by atoms with Crippen LogP contribution >= 0.6 is 27.5 Å². The van der Waals surface area contributed by atoms with Gasteiger partial charge in [0.05, 0.1) is 22.1 Å². The fourth-order valence-corrected chi connectivity index (χ4v) is 3.21. The molecule has 0 saturated carbocycles. The summed E-state index contributed by atoms with van der Waals surface area (Å²) in [7, 11) is -4.19. The fraction of sp³-hybridized carbons (Fsp3) is 0.286. The van der Waals surface area contributed by atoms with Crippen molar-refractivity contribution in [1.82, 2.24) is 9.97 Å². The number of rotatable bonds is 9. The average molecular weight is 481 g/mol. The van der Waals surface area contributed by atoms with Crippen LogP contribution in [-0.2, 0) is 10.0 Å². The van der Waals surface area contributed by atoms with Crippen molar-refractivity contribution in [3.8, 4) is 5.75 Å². The number of aromatic nitrogens is 2. The maximum absolute atomic E-state index is 11.4. The number of halogens is 2. The van der Waals surface area contributed by atoms with E-state index < -0.39 is 25.5 Å². The van der Waals surface area contributed by atoms with Crippen LogP contribution in [-0.4, -0.2) is 36.5 Å². The van der Waals surface area contributed by atoms with E-state index in [4.69, 9.17) is 21.5 Å². The SMILES string of the molecule is NS(=O)(=O)c1ccc(OCCCCNc2nc(Cl)ncc2Br)cc1[N+](=O)[O-]. The Kier molecular flexibility index (Phi) is 7.30. The van der Waals surface area contributed by atoms with Gasteiger partial charge in [0.1, 0.15) is 11.6 Å². The molecule has 0 spiro atoms. The van der Waals surface area contributed by atoms with E-state index >= 15 is 0 Å². The fourth-order valence-electron chi connectivity index (χ4n) is 2.06. The molecule has 0 amide bonds. The van der Waals surface area contributed by atoms with E-state index in [1.807, 2.05) is 0 Å². The number of hydrogen-bond donors (Lipinski definition) is 2. The predicted octanol–water partition coefficient (Wildman–Crippen LogP) is 2.72. The molecule has 0 aliphatic carbocycles. The van der Waals surface area contributed by atoms with Crippen molar-refractivity contribution in [3.63, 3.8) is 0 Å². The second-order valence-corrected chi connectivity index (χ2v) is 7.97. The van der Waals surface area contributed by atoms with Gasteiger partial charge in [-0.05, 0) is 52.5 Å². The number of benzene rings is 1. The highest BCUT2D eigenvalue weighted by Gasteiger charge is 2.23. The lowest BCUT2D eigenvalue weighted by Gasteiger charge is -2.09. The van der Waals surface area contributed by atoms with E-state index in [0.717, 1.165) is 18.6 Å². The number of nitrogens with two attached hydrogens (primary N) is 1. The molecule has 0 saturated heterocycles. The van der Waals surface area contributed by atoms with Crippen LogP contribution in [0.1, 0.15) is 12.8 Å². The monoisotopic (exact) mass is 479 g/mol. The number of nitrogens with one attached hydrogen (secondary N) is 1. The Labute approximate surface area is 168 Å². The highest BCUT2D eigenvalue weighted by molar-refractivity contribution is 9.10. The molecule has 10 nitrogen and oxygen atoms in total. The Bertz CT molecular complexity index is 943. The van der Waals surface area contributed by atoms with E-state index in [2.05, 4.69) is 31.2 Å². The number of nitro benzene ring substituents is 1. The minimum absolute atomic E-state index is 0.133. The van der Waals surface area contributed by atoms with Crippen molar-refractivity contribution in [2.24, 2.45) is 5.14 Å². The van der Waals surface area contributed by atoms with Crippen LogP contribution in [0.25, 0.3) is 0 Å². The van der Waals surface area contributed by atoms with Crippen LogP contribution in [0.5, 0.6) is 5.75 Å². The van der Waals surface area contributed by atoms with Gasteiger partial charge < -0.3 is 10.1 Å². The molecule has 3 N–H and O–H groups in total. The summed E-state index contributed by atoms with van der Waals surface area (Å²) in [6.07, 6.45) is 2.92. The third kappa shape index (κ3) is 6.27. The van der Waals surface area contributed by atoms with E-state index in [1.165, 1.54) is 6.07 Å². The molecule has 1 heterocycles. The topological polar surface area (TPSA) is 150 Å². The summed E-state index contributed by atoms with van der Waals surface area (Å²) in [5.41, 5.74) is -0.623. The van der Waals surface area contributed by atoms with Crippen molar-refractivity contribution >= 4 is 49.1 Å². The number of nitro groups is 1. The van der Waals surface area contributed by atoms with Crippen molar-refractivity contribution < 1.29 is 18.1 Å². The van der Waals surface area contributed by atoms with Crippen molar-refractivity contribution in [2.45, 2.75) is 17.7 Å². The highest BCUT2D eigenvalue weighted by atomic mass is 79.9. The first-order valence-corrected chi connectivity index (χ1v) is 10.3. The Morgan fingerprint density at radius 2 is 2.11 bits per heavy atom. The molecule has 0 aliphatic heterocycles. The minimum Gasteiger partial charge on any atom is -0.493 e. The predicted molar refractivity (Wildman–Crippen MR) is 102 cm³/mol. The lowest BCUT2D eigenvalue weighted by molar-refractivity contribution is -0.387. The van der Waals surface area contributed by atoms with Gasteiger partial charge in [-0.3, -0.25) is 10.1 Å². The number of ether oxygens (including phenoxy) is 1. The van der Waals surface area contributed by atoms with Crippen LogP contribution in [0, 0.1) is 10.1 Å². The molecule has 2 rings (SSSR count). The zero-order valence-corrected chi connectivity index (χ0v) is 16.9. The molecule has 146 valence electrons.